The monoisotopic (exact) mass is 303 g/mol. The van der Waals surface area contributed by atoms with E-state index in [1.165, 1.54) is 17.7 Å². The molecule has 0 bridgehead atoms. The second kappa shape index (κ2) is 5.43. The fourth-order valence-electron chi connectivity index (χ4n) is 3.06. The SMILES string of the molecule is CC(N)(C(=O)Nc1sc2c(c1C#N)CCCCC2)C1CC1. The van der Waals surface area contributed by atoms with Gasteiger partial charge >= 0.3 is 0 Å². The first-order valence-corrected chi connectivity index (χ1v) is 8.50. The van der Waals surface area contributed by atoms with Crippen molar-refractivity contribution in [1.82, 2.24) is 0 Å². The van der Waals surface area contributed by atoms with Crippen LogP contribution in [0.3, 0.4) is 0 Å². The molecule has 1 amide bonds. The molecule has 2 aliphatic rings. The second-order valence-corrected chi connectivity index (χ2v) is 7.50. The van der Waals surface area contributed by atoms with Gasteiger partial charge in [-0.15, -0.1) is 11.3 Å². The Kier molecular flexibility index (Phi) is 3.76. The number of nitrogens with two attached hydrogens (primary N) is 1. The van der Waals surface area contributed by atoms with Crippen LogP contribution in [0.1, 0.15) is 55.0 Å². The number of hydrogen-bond acceptors (Lipinski definition) is 4. The van der Waals surface area contributed by atoms with Crippen LogP contribution in [0.15, 0.2) is 0 Å². The van der Waals surface area contributed by atoms with Crippen molar-refractivity contribution in [2.45, 2.75) is 57.4 Å². The molecule has 1 aromatic rings. The molecule has 1 saturated carbocycles. The van der Waals surface area contributed by atoms with Crippen molar-refractivity contribution < 1.29 is 4.79 Å². The van der Waals surface area contributed by atoms with Crippen LogP contribution in [0, 0.1) is 17.2 Å². The van der Waals surface area contributed by atoms with Crippen LogP contribution in [0.4, 0.5) is 5.00 Å². The Morgan fingerprint density at radius 1 is 1.38 bits per heavy atom. The number of carbonyl (C=O) groups is 1. The van der Waals surface area contributed by atoms with Gasteiger partial charge < -0.3 is 11.1 Å². The van der Waals surface area contributed by atoms with Crippen LogP contribution < -0.4 is 11.1 Å². The number of carbonyl (C=O) groups excluding carboxylic acids is 1. The number of nitrogens with zero attached hydrogens (tertiary/aromatic N) is 1. The molecule has 1 atom stereocenters. The van der Waals surface area contributed by atoms with E-state index in [0.29, 0.717) is 10.6 Å². The summed E-state index contributed by atoms with van der Waals surface area (Å²) in [5.41, 5.74) is 7.15. The summed E-state index contributed by atoms with van der Waals surface area (Å²) in [5, 5.41) is 13.1. The van der Waals surface area contributed by atoms with Gasteiger partial charge in [-0.3, -0.25) is 4.79 Å². The number of thiophene rings is 1. The Morgan fingerprint density at radius 2 is 2.10 bits per heavy atom. The molecule has 1 heterocycles. The maximum absolute atomic E-state index is 12.4. The van der Waals surface area contributed by atoms with E-state index in [0.717, 1.165) is 37.7 Å². The highest BCUT2D eigenvalue weighted by Crippen LogP contribution is 2.40. The lowest BCUT2D eigenvalue weighted by Crippen LogP contribution is -2.50. The summed E-state index contributed by atoms with van der Waals surface area (Å²) in [7, 11) is 0. The van der Waals surface area contributed by atoms with Gasteiger partial charge in [-0.05, 0) is 56.9 Å². The zero-order valence-electron chi connectivity index (χ0n) is 12.4. The summed E-state index contributed by atoms with van der Waals surface area (Å²) < 4.78 is 0. The molecule has 5 heteroatoms. The Balaban J connectivity index is 1.86. The lowest BCUT2D eigenvalue weighted by molar-refractivity contribution is -0.121. The Labute approximate surface area is 129 Å². The third kappa shape index (κ3) is 2.70. The van der Waals surface area contributed by atoms with Crippen molar-refractivity contribution in [3.8, 4) is 6.07 Å². The highest BCUT2D eigenvalue weighted by Gasteiger charge is 2.44. The third-order valence-corrected chi connectivity index (χ3v) is 5.88. The molecule has 0 radical (unpaired) electrons. The molecule has 3 rings (SSSR count). The van der Waals surface area contributed by atoms with E-state index in [1.54, 1.807) is 18.3 Å². The molecular weight excluding hydrogens is 282 g/mol. The number of aryl methyl sites for hydroxylation is 1. The number of anilines is 1. The van der Waals surface area contributed by atoms with Crippen LogP contribution in [0.2, 0.25) is 0 Å². The van der Waals surface area contributed by atoms with Crippen LogP contribution in [0.25, 0.3) is 0 Å². The molecule has 21 heavy (non-hydrogen) atoms. The zero-order valence-corrected chi connectivity index (χ0v) is 13.2. The summed E-state index contributed by atoms with van der Waals surface area (Å²) in [5.74, 6) is 0.124. The van der Waals surface area contributed by atoms with Crippen LogP contribution >= 0.6 is 11.3 Å². The van der Waals surface area contributed by atoms with Gasteiger partial charge in [-0.2, -0.15) is 5.26 Å². The molecule has 2 aliphatic carbocycles. The zero-order chi connectivity index (χ0) is 15.0. The first-order valence-electron chi connectivity index (χ1n) is 7.69. The molecule has 1 fully saturated rings. The van der Waals surface area contributed by atoms with Gasteiger partial charge in [0.2, 0.25) is 5.91 Å². The summed E-state index contributed by atoms with van der Waals surface area (Å²) in [6.07, 6.45) is 7.53. The molecule has 0 spiro atoms. The minimum atomic E-state index is -0.825. The second-order valence-electron chi connectivity index (χ2n) is 6.39. The number of rotatable bonds is 3. The summed E-state index contributed by atoms with van der Waals surface area (Å²) >= 11 is 1.57. The highest BCUT2D eigenvalue weighted by molar-refractivity contribution is 7.16. The average molecular weight is 303 g/mol. The van der Waals surface area contributed by atoms with Crippen LogP contribution in [-0.2, 0) is 17.6 Å². The average Bonchev–Trinajstić information content (AvgIpc) is 3.26. The summed E-state index contributed by atoms with van der Waals surface area (Å²) in [6, 6.07) is 2.29. The lowest BCUT2D eigenvalue weighted by Gasteiger charge is -2.22. The first kappa shape index (κ1) is 14.6. The van der Waals surface area contributed by atoms with Gasteiger partial charge in [-0.25, -0.2) is 0 Å². The molecule has 3 N–H and O–H groups in total. The van der Waals surface area contributed by atoms with Crippen molar-refractivity contribution in [3.63, 3.8) is 0 Å². The predicted molar refractivity (Wildman–Crippen MR) is 84.2 cm³/mol. The summed E-state index contributed by atoms with van der Waals surface area (Å²) in [6.45, 7) is 1.80. The van der Waals surface area contributed by atoms with Gasteiger partial charge in [0, 0.05) is 4.88 Å². The van der Waals surface area contributed by atoms with Crippen LogP contribution in [-0.4, -0.2) is 11.4 Å². The largest absolute Gasteiger partial charge is 0.317 e. The fraction of sp³-hybridized carbons (Fsp3) is 0.625. The van der Waals surface area contributed by atoms with E-state index in [2.05, 4.69) is 11.4 Å². The molecule has 112 valence electrons. The fourth-order valence-corrected chi connectivity index (χ4v) is 4.29. The molecule has 4 nitrogen and oxygen atoms in total. The van der Waals surface area contributed by atoms with Crippen molar-refractivity contribution in [3.05, 3.63) is 16.0 Å². The van der Waals surface area contributed by atoms with Gasteiger partial charge in [0.25, 0.3) is 0 Å². The third-order valence-electron chi connectivity index (χ3n) is 4.67. The van der Waals surface area contributed by atoms with Gasteiger partial charge in [0.15, 0.2) is 0 Å². The lowest BCUT2D eigenvalue weighted by atomic mass is 9.96. The van der Waals surface area contributed by atoms with Crippen molar-refractivity contribution in [2.75, 3.05) is 5.32 Å². The van der Waals surface area contributed by atoms with E-state index >= 15 is 0 Å². The molecule has 1 aromatic heterocycles. The van der Waals surface area contributed by atoms with E-state index in [1.807, 2.05) is 0 Å². The molecule has 0 saturated heterocycles. The maximum Gasteiger partial charge on any atom is 0.245 e. The first-order chi connectivity index (χ1) is 10.0. The molecule has 0 aromatic carbocycles. The van der Waals surface area contributed by atoms with E-state index < -0.39 is 5.54 Å². The van der Waals surface area contributed by atoms with Gasteiger partial charge in [0.05, 0.1) is 11.1 Å². The number of nitriles is 1. The highest BCUT2D eigenvalue weighted by atomic mass is 32.1. The predicted octanol–water partition coefficient (Wildman–Crippen LogP) is 2.95. The van der Waals surface area contributed by atoms with Crippen molar-refractivity contribution in [2.24, 2.45) is 11.7 Å². The van der Waals surface area contributed by atoms with E-state index in [-0.39, 0.29) is 11.8 Å². The van der Waals surface area contributed by atoms with Crippen molar-refractivity contribution in [1.29, 1.82) is 5.26 Å². The van der Waals surface area contributed by atoms with Crippen LogP contribution in [0.5, 0.6) is 0 Å². The van der Waals surface area contributed by atoms with E-state index in [4.69, 9.17) is 5.73 Å². The minimum absolute atomic E-state index is 0.155. The van der Waals surface area contributed by atoms with Gasteiger partial charge in [0.1, 0.15) is 11.1 Å². The van der Waals surface area contributed by atoms with E-state index in [9.17, 15) is 10.1 Å². The maximum atomic E-state index is 12.4. The molecular formula is C16H21N3OS. The molecule has 0 aliphatic heterocycles. The number of nitrogens with one attached hydrogen (secondary N) is 1. The Bertz CT molecular complexity index is 608. The van der Waals surface area contributed by atoms with Crippen molar-refractivity contribution >= 4 is 22.2 Å². The Hall–Kier alpha value is -1.38. The standard InChI is InChI=1S/C16H21N3OS/c1-16(18,10-7-8-10)15(20)19-14-12(9-17)11-5-3-2-4-6-13(11)21-14/h10H,2-8,18H2,1H3,(H,19,20). The quantitative estimate of drug-likeness (QED) is 0.843. The smallest absolute Gasteiger partial charge is 0.245 e. The molecule has 1 unspecified atom stereocenters. The summed E-state index contributed by atoms with van der Waals surface area (Å²) in [4.78, 5) is 13.7. The number of amides is 1. The number of hydrogen-bond donors (Lipinski definition) is 2. The normalized spacial score (nSPS) is 20.8. The minimum Gasteiger partial charge on any atom is -0.317 e. The topological polar surface area (TPSA) is 78.9 Å². The Morgan fingerprint density at radius 3 is 2.76 bits per heavy atom. The number of fused-ring (bicyclic) bond motifs is 1. The van der Waals surface area contributed by atoms with Gasteiger partial charge in [-0.1, -0.05) is 6.42 Å².